The number of rotatable bonds is 2. The van der Waals surface area contributed by atoms with Crippen molar-refractivity contribution in [3.05, 3.63) is 12.7 Å². The van der Waals surface area contributed by atoms with E-state index in [4.69, 9.17) is 0 Å². The summed E-state index contributed by atoms with van der Waals surface area (Å²) in [6.07, 6.45) is 1.93. The van der Waals surface area contributed by atoms with Crippen LogP contribution in [0.15, 0.2) is 12.7 Å². The zero-order valence-electron chi connectivity index (χ0n) is 3.95. The van der Waals surface area contributed by atoms with E-state index in [1.807, 2.05) is 6.08 Å². The minimum Gasteiger partial charge on any atom is -0.103 e. The van der Waals surface area contributed by atoms with Gasteiger partial charge in [-0.15, -0.1) is 6.58 Å². The molecule has 0 radical (unpaired) electrons. The molecule has 0 saturated carbocycles. The Morgan fingerprint density at radius 2 is 2.50 bits per heavy atom. The van der Waals surface area contributed by atoms with Gasteiger partial charge in [-0.3, -0.25) is 0 Å². The number of allylic oxidation sites excluding steroid dienone is 1. The van der Waals surface area contributed by atoms with Gasteiger partial charge in [-0.2, -0.15) is 0 Å². The molecule has 0 amide bonds. The number of alkyl halides is 1. The Morgan fingerprint density at radius 1 is 2.00 bits per heavy atom. The van der Waals surface area contributed by atoms with E-state index in [1.165, 1.54) is 0 Å². The van der Waals surface area contributed by atoms with Crippen LogP contribution in [0.1, 0.15) is 6.92 Å². The quantitative estimate of drug-likeness (QED) is 0.417. The van der Waals surface area contributed by atoms with Gasteiger partial charge < -0.3 is 0 Å². The van der Waals surface area contributed by atoms with Gasteiger partial charge in [0.2, 0.25) is 0 Å². The first-order chi connectivity index (χ1) is 2.81. The molecule has 0 aromatic rings. The van der Waals surface area contributed by atoms with Crippen LogP contribution in [-0.2, 0) is 0 Å². The molecule has 1 heteroatoms. The van der Waals surface area contributed by atoms with Crippen molar-refractivity contribution in [1.82, 2.24) is 0 Å². The summed E-state index contributed by atoms with van der Waals surface area (Å²) in [5, 5.41) is 1.02. The van der Waals surface area contributed by atoms with E-state index in [1.54, 1.807) is 0 Å². The molecule has 0 spiro atoms. The summed E-state index contributed by atoms with van der Waals surface area (Å²) >= 11 is 3.30. The highest BCUT2D eigenvalue weighted by Gasteiger charge is 1.85. The lowest BCUT2D eigenvalue weighted by Gasteiger charge is -1.92. The summed E-state index contributed by atoms with van der Waals surface area (Å²) in [5.41, 5.74) is 0. The third kappa shape index (κ3) is 2.46. The van der Waals surface area contributed by atoms with Gasteiger partial charge >= 0.3 is 0 Å². The molecular formula is C5H9Br. The average Bonchev–Trinajstić information content (AvgIpc) is 1.65. The number of halogens is 1. The highest BCUT2D eigenvalue weighted by Crippen LogP contribution is 1.97. The molecule has 0 aromatic carbocycles. The molecule has 0 aliphatic rings. The van der Waals surface area contributed by atoms with Crippen molar-refractivity contribution >= 4 is 15.9 Å². The highest BCUT2D eigenvalue weighted by atomic mass is 79.9. The molecule has 0 heterocycles. The van der Waals surface area contributed by atoms with Crippen molar-refractivity contribution in [2.45, 2.75) is 6.92 Å². The first-order valence-corrected chi connectivity index (χ1v) is 3.12. The van der Waals surface area contributed by atoms with Crippen LogP contribution in [0.25, 0.3) is 0 Å². The van der Waals surface area contributed by atoms with Crippen molar-refractivity contribution in [2.24, 2.45) is 5.92 Å². The Labute approximate surface area is 47.4 Å². The van der Waals surface area contributed by atoms with Gasteiger partial charge in [0.15, 0.2) is 0 Å². The molecule has 0 aromatic heterocycles. The standard InChI is InChI=1S/C5H9Br/c1-3-5(2)4-6/h3,5H,1,4H2,2H3/t5-/m0/s1. The second kappa shape index (κ2) is 3.41. The summed E-state index contributed by atoms with van der Waals surface area (Å²) in [4.78, 5) is 0. The lowest BCUT2D eigenvalue weighted by Crippen LogP contribution is -1.85. The fourth-order valence-electron chi connectivity index (χ4n) is 0.0630. The Kier molecular flexibility index (Phi) is 3.54. The lowest BCUT2D eigenvalue weighted by molar-refractivity contribution is 0.857. The van der Waals surface area contributed by atoms with Crippen molar-refractivity contribution in [3.63, 3.8) is 0 Å². The fraction of sp³-hybridized carbons (Fsp3) is 0.600. The Balaban J connectivity index is 2.96. The molecule has 1 atom stereocenters. The molecule has 0 nitrogen and oxygen atoms in total. The highest BCUT2D eigenvalue weighted by molar-refractivity contribution is 9.09. The van der Waals surface area contributed by atoms with Gasteiger partial charge in [0.05, 0.1) is 0 Å². The Hall–Kier alpha value is 0.220. The molecule has 0 aliphatic carbocycles. The monoisotopic (exact) mass is 148 g/mol. The summed E-state index contributed by atoms with van der Waals surface area (Å²) < 4.78 is 0. The predicted molar refractivity (Wildman–Crippen MR) is 33.2 cm³/mol. The normalized spacial score (nSPS) is 13.7. The van der Waals surface area contributed by atoms with Crippen LogP contribution >= 0.6 is 15.9 Å². The molecular weight excluding hydrogens is 140 g/mol. The first kappa shape index (κ1) is 6.22. The summed E-state index contributed by atoms with van der Waals surface area (Å²) in [6.45, 7) is 5.71. The van der Waals surface area contributed by atoms with E-state index in [0.717, 1.165) is 5.33 Å². The molecule has 0 aliphatic heterocycles. The molecule has 6 heavy (non-hydrogen) atoms. The first-order valence-electron chi connectivity index (χ1n) is 1.99. The Bertz CT molecular complexity index is 41.2. The molecule has 0 saturated heterocycles. The largest absolute Gasteiger partial charge is 0.103 e. The Morgan fingerprint density at radius 3 is 2.50 bits per heavy atom. The third-order valence-corrected chi connectivity index (χ3v) is 1.67. The van der Waals surface area contributed by atoms with Crippen LogP contribution in [0.3, 0.4) is 0 Å². The van der Waals surface area contributed by atoms with Crippen LogP contribution in [0, 0.1) is 5.92 Å². The van der Waals surface area contributed by atoms with E-state index >= 15 is 0 Å². The van der Waals surface area contributed by atoms with Crippen molar-refractivity contribution < 1.29 is 0 Å². The van der Waals surface area contributed by atoms with Crippen LogP contribution in [0.4, 0.5) is 0 Å². The van der Waals surface area contributed by atoms with Gasteiger partial charge in [-0.1, -0.05) is 28.9 Å². The van der Waals surface area contributed by atoms with Crippen molar-refractivity contribution in [2.75, 3.05) is 5.33 Å². The maximum absolute atomic E-state index is 3.60. The van der Waals surface area contributed by atoms with Crippen LogP contribution in [0.2, 0.25) is 0 Å². The average molecular weight is 149 g/mol. The molecule has 36 valence electrons. The van der Waals surface area contributed by atoms with Gasteiger partial charge in [0.25, 0.3) is 0 Å². The number of hydrogen-bond donors (Lipinski definition) is 0. The van der Waals surface area contributed by atoms with E-state index in [9.17, 15) is 0 Å². The van der Waals surface area contributed by atoms with Crippen LogP contribution in [-0.4, -0.2) is 5.33 Å². The number of hydrogen-bond acceptors (Lipinski definition) is 0. The topological polar surface area (TPSA) is 0 Å². The molecule has 0 unspecified atom stereocenters. The zero-order valence-corrected chi connectivity index (χ0v) is 5.53. The molecule has 0 N–H and O–H groups in total. The summed E-state index contributed by atoms with van der Waals surface area (Å²) in [5.74, 6) is 0.616. The maximum atomic E-state index is 3.60. The van der Waals surface area contributed by atoms with Gasteiger partial charge in [-0.05, 0) is 5.92 Å². The van der Waals surface area contributed by atoms with Crippen LogP contribution < -0.4 is 0 Å². The molecule has 0 rings (SSSR count). The minimum absolute atomic E-state index is 0.616. The summed E-state index contributed by atoms with van der Waals surface area (Å²) in [6, 6.07) is 0. The second-order valence-electron chi connectivity index (χ2n) is 1.37. The SMILES string of the molecule is C=C[C@H](C)CBr. The molecule has 0 fully saturated rings. The summed E-state index contributed by atoms with van der Waals surface area (Å²) in [7, 11) is 0. The van der Waals surface area contributed by atoms with Crippen molar-refractivity contribution in [1.29, 1.82) is 0 Å². The zero-order chi connectivity index (χ0) is 4.99. The maximum Gasteiger partial charge on any atom is 0.00915 e. The van der Waals surface area contributed by atoms with Gasteiger partial charge in [0, 0.05) is 5.33 Å². The van der Waals surface area contributed by atoms with E-state index in [0.29, 0.717) is 5.92 Å². The van der Waals surface area contributed by atoms with E-state index in [-0.39, 0.29) is 0 Å². The lowest BCUT2D eigenvalue weighted by atomic mass is 10.2. The van der Waals surface area contributed by atoms with Crippen LogP contribution in [0.5, 0.6) is 0 Å². The minimum atomic E-state index is 0.616. The molecule has 0 bridgehead atoms. The van der Waals surface area contributed by atoms with E-state index in [2.05, 4.69) is 29.4 Å². The third-order valence-electron chi connectivity index (χ3n) is 0.646. The van der Waals surface area contributed by atoms with Crippen molar-refractivity contribution in [3.8, 4) is 0 Å². The van der Waals surface area contributed by atoms with Gasteiger partial charge in [-0.25, -0.2) is 0 Å². The fourth-order valence-corrected chi connectivity index (χ4v) is 0.327. The van der Waals surface area contributed by atoms with E-state index < -0.39 is 0 Å². The second-order valence-corrected chi connectivity index (χ2v) is 2.01. The smallest absolute Gasteiger partial charge is 0.00915 e. The predicted octanol–water partition coefficient (Wildman–Crippen LogP) is 2.20. The van der Waals surface area contributed by atoms with Gasteiger partial charge in [0.1, 0.15) is 0 Å².